The summed E-state index contributed by atoms with van der Waals surface area (Å²) in [6.45, 7) is 3.87. The number of phenolic OH excluding ortho intramolecular Hbond substituents is 2. The highest BCUT2D eigenvalue weighted by Crippen LogP contribution is 2.29. The summed E-state index contributed by atoms with van der Waals surface area (Å²) >= 11 is 2.08. The molecular formula is C15H14INO2. The van der Waals surface area contributed by atoms with Gasteiger partial charge in [0, 0.05) is 11.8 Å². The Labute approximate surface area is 125 Å². The third-order valence-corrected chi connectivity index (χ3v) is 3.53. The van der Waals surface area contributed by atoms with E-state index in [9.17, 15) is 10.2 Å². The van der Waals surface area contributed by atoms with Crippen molar-refractivity contribution in [3.63, 3.8) is 0 Å². The van der Waals surface area contributed by atoms with Crippen LogP contribution in [0.25, 0.3) is 0 Å². The van der Waals surface area contributed by atoms with Crippen LogP contribution < -0.4 is 0 Å². The van der Waals surface area contributed by atoms with Gasteiger partial charge in [-0.15, -0.1) is 0 Å². The summed E-state index contributed by atoms with van der Waals surface area (Å²) in [6.07, 6.45) is 1.56. The second kappa shape index (κ2) is 5.61. The largest absolute Gasteiger partial charge is 0.506 e. The Morgan fingerprint density at radius 2 is 1.79 bits per heavy atom. The minimum atomic E-state index is 0.137. The van der Waals surface area contributed by atoms with E-state index >= 15 is 0 Å². The van der Waals surface area contributed by atoms with Crippen molar-refractivity contribution in [1.82, 2.24) is 0 Å². The first kappa shape index (κ1) is 13.9. The van der Waals surface area contributed by atoms with Crippen LogP contribution in [-0.2, 0) is 0 Å². The Hall–Kier alpha value is -1.56. The van der Waals surface area contributed by atoms with Crippen molar-refractivity contribution in [1.29, 1.82) is 0 Å². The number of halogens is 1. The normalized spacial score (nSPS) is 11.1. The van der Waals surface area contributed by atoms with Gasteiger partial charge in [0.15, 0.2) is 0 Å². The number of rotatable bonds is 2. The van der Waals surface area contributed by atoms with E-state index in [4.69, 9.17) is 0 Å². The Morgan fingerprint density at radius 1 is 1.05 bits per heavy atom. The Kier molecular flexibility index (Phi) is 4.09. The van der Waals surface area contributed by atoms with Gasteiger partial charge in [0.05, 0.1) is 3.57 Å². The molecule has 2 rings (SSSR count). The van der Waals surface area contributed by atoms with Crippen molar-refractivity contribution in [2.45, 2.75) is 13.8 Å². The zero-order valence-electron chi connectivity index (χ0n) is 10.7. The van der Waals surface area contributed by atoms with E-state index in [1.165, 1.54) is 0 Å². The molecule has 0 aliphatic heterocycles. The number of nitrogens with zero attached hydrogens (tertiary/aromatic N) is 1. The van der Waals surface area contributed by atoms with Crippen LogP contribution in [0.4, 0.5) is 5.69 Å². The average molecular weight is 367 g/mol. The van der Waals surface area contributed by atoms with Crippen molar-refractivity contribution >= 4 is 34.5 Å². The molecule has 19 heavy (non-hydrogen) atoms. The lowest BCUT2D eigenvalue weighted by molar-refractivity contribution is 0.470. The maximum Gasteiger partial charge on any atom is 0.141 e. The zero-order chi connectivity index (χ0) is 14.0. The smallest absolute Gasteiger partial charge is 0.141 e. The van der Waals surface area contributed by atoms with Gasteiger partial charge in [0.25, 0.3) is 0 Å². The van der Waals surface area contributed by atoms with Gasteiger partial charge in [0.1, 0.15) is 17.2 Å². The van der Waals surface area contributed by atoms with E-state index in [1.807, 2.05) is 32.0 Å². The molecule has 2 aromatic rings. The Balaban J connectivity index is 2.38. The first-order valence-corrected chi connectivity index (χ1v) is 6.88. The fourth-order valence-corrected chi connectivity index (χ4v) is 2.54. The van der Waals surface area contributed by atoms with Crippen LogP contribution in [-0.4, -0.2) is 16.4 Å². The maximum absolute atomic E-state index is 9.95. The minimum absolute atomic E-state index is 0.137. The van der Waals surface area contributed by atoms with Crippen molar-refractivity contribution in [3.05, 3.63) is 50.6 Å². The molecule has 4 heteroatoms. The fraction of sp³-hybridized carbons (Fsp3) is 0.133. The molecular weight excluding hydrogens is 353 g/mol. The summed E-state index contributed by atoms with van der Waals surface area (Å²) in [5.74, 6) is 0.347. The van der Waals surface area contributed by atoms with E-state index in [0.717, 1.165) is 14.7 Å². The van der Waals surface area contributed by atoms with Crippen LogP contribution in [0, 0.1) is 17.4 Å². The molecule has 98 valence electrons. The van der Waals surface area contributed by atoms with Crippen molar-refractivity contribution in [2.24, 2.45) is 4.99 Å². The van der Waals surface area contributed by atoms with E-state index in [0.29, 0.717) is 11.3 Å². The van der Waals surface area contributed by atoms with Gasteiger partial charge < -0.3 is 10.2 Å². The molecule has 0 aliphatic carbocycles. The number of benzene rings is 2. The number of aromatic hydroxyl groups is 2. The molecule has 0 saturated carbocycles. The van der Waals surface area contributed by atoms with Crippen molar-refractivity contribution in [2.75, 3.05) is 0 Å². The summed E-state index contributed by atoms with van der Waals surface area (Å²) in [5, 5.41) is 19.7. The van der Waals surface area contributed by atoms with E-state index in [2.05, 4.69) is 27.6 Å². The SMILES string of the molecule is Cc1ccc(N=Cc2cc(C)cc(I)c2O)c(O)c1. The van der Waals surface area contributed by atoms with Gasteiger partial charge in [-0.2, -0.15) is 0 Å². The third-order valence-electron chi connectivity index (χ3n) is 2.71. The molecule has 0 bridgehead atoms. The topological polar surface area (TPSA) is 52.8 Å². The molecule has 3 nitrogen and oxygen atoms in total. The van der Waals surface area contributed by atoms with Gasteiger partial charge in [-0.05, 0) is 71.8 Å². The standard InChI is InChI=1S/C15H14INO2/c1-9-3-4-13(14(18)7-9)17-8-11-5-10(2)6-12(16)15(11)19/h3-8,18-19H,1-2H3. The quantitative estimate of drug-likeness (QED) is 0.621. The van der Waals surface area contributed by atoms with Gasteiger partial charge in [0.2, 0.25) is 0 Å². The minimum Gasteiger partial charge on any atom is -0.506 e. The van der Waals surface area contributed by atoms with E-state index in [1.54, 1.807) is 18.3 Å². The molecule has 0 fully saturated rings. The average Bonchev–Trinajstić information content (AvgIpc) is 2.33. The molecule has 2 aromatic carbocycles. The number of aryl methyl sites for hydroxylation is 2. The number of hydrogen-bond donors (Lipinski definition) is 2. The lowest BCUT2D eigenvalue weighted by Gasteiger charge is -2.04. The van der Waals surface area contributed by atoms with Crippen LogP contribution in [0.15, 0.2) is 35.3 Å². The van der Waals surface area contributed by atoms with Crippen LogP contribution in [0.5, 0.6) is 11.5 Å². The monoisotopic (exact) mass is 367 g/mol. The molecule has 0 aliphatic rings. The van der Waals surface area contributed by atoms with Crippen molar-refractivity contribution < 1.29 is 10.2 Å². The first-order valence-electron chi connectivity index (χ1n) is 5.80. The number of aliphatic imine (C=N–C) groups is 1. The Morgan fingerprint density at radius 3 is 2.47 bits per heavy atom. The number of hydrogen-bond acceptors (Lipinski definition) is 3. The van der Waals surface area contributed by atoms with Gasteiger partial charge in [-0.3, -0.25) is 4.99 Å². The highest BCUT2D eigenvalue weighted by atomic mass is 127. The lowest BCUT2D eigenvalue weighted by atomic mass is 10.1. The van der Waals surface area contributed by atoms with Crippen LogP contribution in [0.1, 0.15) is 16.7 Å². The summed E-state index contributed by atoms with van der Waals surface area (Å²) in [6, 6.07) is 9.04. The van der Waals surface area contributed by atoms with E-state index < -0.39 is 0 Å². The predicted octanol–water partition coefficient (Wildman–Crippen LogP) is 4.07. The molecule has 0 saturated heterocycles. The Bertz CT molecular complexity index is 651. The summed E-state index contributed by atoms with van der Waals surface area (Å²) < 4.78 is 0.784. The molecule has 0 aromatic heterocycles. The van der Waals surface area contributed by atoms with Crippen molar-refractivity contribution in [3.8, 4) is 11.5 Å². The summed E-state index contributed by atoms with van der Waals surface area (Å²) in [5.41, 5.74) is 3.16. The van der Waals surface area contributed by atoms with Gasteiger partial charge in [-0.25, -0.2) is 0 Å². The van der Waals surface area contributed by atoms with E-state index in [-0.39, 0.29) is 11.5 Å². The van der Waals surface area contributed by atoms with Gasteiger partial charge >= 0.3 is 0 Å². The fourth-order valence-electron chi connectivity index (χ4n) is 1.74. The van der Waals surface area contributed by atoms with Gasteiger partial charge in [-0.1, -0.05) is 6.07 Å². The lowest BCUT2D eigenvalue weighted by Crippen LogP contribution is -1.87. The highest BCUT2D eigenvalue weighted by molar-refractivity contribution is 14.1. The zero-order valence-corrected chi connectivity index (χ0v) is 12.8. The van der Waals surface area contributed by atoms with Crippen LogP contribution in [0.3, 0.4) is 0 Å². The molecule has 0 unspecified atom stereocenters. The second-order valence-corrected chi connectivity index (χ2v) is 5.60. The highest BCUT2D eigenvalue weighted by Gasteiger charge is 2.05. The van der Waals surface area contributed by atoms with Crippen LogP contribution in [0.2, 0.25) is 0 Å². The third kappa shape index (κ3) is 3.26. The molecule has 0 amide bonds. The molecule has 0 atom stereocenters. The molecule has 0 radical (unpaired) electrons. The molecule has 2 N–H and O–H groups in total. The predicted molar refractivity (Wildman–Crippen MR) is 85.7 cm³/mol. The summed E-state index contributed by atoms with van der Waals surface area (Å²) in [4.78, 5) is 4.22. The number of phenols is 2. The molecule has 0 spiro atoms. The maximum atomic E-state index is 9.95. The van der Waals surface area contributed by atoms with Crippen LogP contribution >= 0.6 is 22.6 Å². The second-order valence-electron chi connectivity index (χ2n) is 4.43. The molecule has 0 heterocycles. The first-order chi connectivity index (χ1) is 8.97. The summed E-state index contributed by atoms with van der Waals surface area (Å²) in [7, 11) is 0.